The first-order valence-corrected chi connectivity index (χ1v) is 7.20. The van der Waals surface area contributed by atoms with E-state index in [2.05, 4.69) is 5.32 Å². The predicted molar refractivity (Wildman–Crippen MR) is 87.3 cm³/mol. The number of aryl methyl sites for hydroxylation is 1. The number of para-hydroxylation sites is 1. The molecule has 4 heteroatoms. The van der Waals surface area contributed by atoms with Gasteiger partial charge < -0.3 is 10.2 Å². The van der Waals surface area contributed by atoms with Crippen LogP contribution < -0.4 is 5.32 Å². The highest BCUT2D eigenvalue weighted by Gasteiger charge is 2.14. The van der Waals surface area contributed by atoms with Crippen LogP contribution in [-0.2, 0) is 16.1 Å². The van der Waals surface area contributed by atoms with Crippen LogP contribution in [0.2, 0.25) is 0 Å². The van der Waals surface area contributed by atoms with Crippen LogP contribution in [0.5, 0.6) is 0 Å². The summed E-state index contributed by atoms with van der Waals surface area (Å²) >= 11 is 0. The molecule has 0 fully saturated rings. The number of benzene rings is 2. The highest BCUT2D eigenvalue weighted by atomic mass is 16.2. The first-order valence-electron chi connectivity index (χ1n) is 7.20. The van der Waals surface area contributed by atoms with Crippen LogP contribution in [0.1, 0.15) is 18.1 Å². The molecule has 0 aliphatic heterocycles. The normalized spacial score (nSPS) is 10.1. The van der Waals surface area contributed by atoms with Crippen LogP contribution in [0.25, 0.3) is 0 Å². The summed E-state index contributed by atoms with van der Waals surface area (Å²) in [7, 11) is 0. The van der Waals surface area contributed by atoms with Gasteiger partial charge in [-0.2, -0.15) is 0 Å². The maximum atomic E-state index is 12.1. The number of anilines is 1. The summed E-state index contributed by atoms with van der Waals surface area (Å²) in [6.45, 7) is 3.96. The maximum absolute atomic E-state index is 12.1. The summed E-state index contributed by atoms with van der Waals surface area (Å²) in [5.74, 6) is -0.322. The Kier molecular flexibility index (Phi) is 5.31. The average Bonchev–Trinajstić information content (AvgIpc) is 2.49. The summed E-state index contributed by atoms with van der Waals surface area (Å²) in [5.41, 5.74) is 2.90. The van der Waals surface area contributed by atoms with E-state index >= 15 is 0 Å². The van der Waals surface area contributed by atoms with Gasteiger partial charge in [-0.25, -0.2) is 0 Å². The third kappa shape index (κ3) is 4.74. The van der Waals surface area contributed by atoms with Crippen molar-refractivity contribution in [3.63, 3.8) is 0 Å². The van der Waals surface area contributed by atoms with Gasteiger partial charge in [0.05, 0.1) is 0 Å². The van der Waals surface area contributed by atoms with E-state index in [9.17, 15) is 9.59 Å². The van der Waals surface area contributed by atoms with Gasteiger partial charge in [-0.3, -0.25) is 9.59 Å². The van der Waals surface area contributed by atoms with Crippen LogP contribution in [-0.4, -0.2) is 23.3 Å². The van der Waals surface area contributed by atoms with Crippen molar-refractivity contribution < 1.29 is 9.59 Å². The first kappa shape index (κ1) is 15.8. The molecule has 2 rings (SSSR count). The molecule has 22 heavy (non-hydrogen) atoms. The van der Waals surface area contributed by atoms with Crippen molar-refractivity contribution in [1.82, 2.24) is 4.90 Å². The Morgan fingerprint density at radius 2 is 1.64 bits per heavy atom. The monoisotopic (exact) mass is 296 g/mol. The van der Waals surface area contributed by atoms with E-state index in [-0.39, 0.29) is 18.4 Å². The molecule has 0 aliphatic carbocycles. The number of amides is 2. The molecule has 1 N–H and O–H groups in total. The fourth-order valence-electron chi connectivity index (χ4n) is 2.09. The molecule has 0 saturated carbocycles. The molecular weight excluding hydrogens is 276 g/mol. The summed E-state index contributed by atoms with van der Waals surface area (Å²) in [6, 6.07) is 17.2. The standard InChI is InChI=1S/C18H20N2O2/c1-14-8-10-16(11-9-14)12-20(15(2)21)13-18(22)19-17-6-4-3-5-7-17/h3-11H,12-13H2,1-2H3,(H,19,22). The lowest BCUT2D eigenvalue weighted by atomic mass is 10.1. The van der Waals surface area contributed by atoms with Gasteiger partial charge in [0.25, 0.3) is 0 Å². The molecule has 0 saturated heterocycles. The maximum Gasteiger partial charge on any atom is 0.244 e. The number of carbonyl (C=O) groups excluding carboxylic acids is 2. The molecule has 2 aromatic carbocycles. The smallest absolute Gasteiger partial charge is 0.244 e. The lowest BCUT2D eigenvalue weighted by Crippen LogP contribution is -2.36. The van der Waals surface area contributed by atoms with Gasteiger partial charge in [-0.1, -0.05) is 48.0 Å². The molecule has 0 unspecified atom stereocenters. The van der Waals surface area contributed by atoms with Crippen molar-refractivity contribution >= 4 is 17.5 Å². The van der Waals surface area contributed by atoms with E-state index in [1.807, 2.05) is 61.5 Å². The van der Waals surface area contributed by atoms with Crippen LogP contribution in [0.15, 0.2) is 54.6 Å². The fraction of sp³-hybridized carbons (Fsp3) is 0.222. The van der Waals surface area contributed by atoms with Gasteiger partial charge in [0, 0.05) is 19.2 Å². The first-order chi connectivity index (χ1) is 10.5. The largest absolute Gasteiger partial charge is 0.329 e. The van der Waals surface area contributed by atoms with E-state index in [1.54, 1.807) is 0 Å². The number of rotatable bonds is 5. The Morgan fingerprint density at radius 3 is 2.23 bits per heavy atom. The number of hydrogen-bond acceptors (Lipinski definition) is 2. The summed E-state index contributed by atoms with van der Waals surface area (Å²) < 4.78 is 0. The molecular formula is C18H20N2O2. The molecule has 0 aliphatic rings. The number of nitrogens with zero attached hydrogens (tertiary/aromatic N) is 1. The second kappa shape index (κ2) is 7.41. The minimum atomic E-state index is -0.200. The molecule has 2 aromatic rings. The topological polar surface area (TPSA) is 49.4 Å². The van der Waals surface area contributed by atoms with Crippen LogP contribution >= 0.6 is 0 Å². The van der Waals surface area contributed by atoms with Crippen molar-refractivity contribution in [2.75, 3.05) is 11.9 Å². The van der Waals surface area contributed by atoms with Gasteiger partial charge in [0.15, 0.2) is 0 Å². The van der Waals surface area contributed by atoms with Gasteiger partial charge in [-0.05, 0) is 24.6 Å². The zero-order valence-corrected chi connectivity index (χ0v) is 12.9. The quantitative estimate of drug-likeness (QED) is 0.922. The van der Waals surface area contributed by atoms with Crippen molar-refractivity contribution in [1.29, 1.82) is 0 Å². The molecule has 0 atom stereocenters. The minimum absolute atomic E-state index is 0.0398. The Hall–Kier alpha value is -2.62. The SMILES string of the molecule is CC(=O)N(CC(=O)Nc1ccccc1)Cc1ccc(C)cc1. The number of carbonyl (C=O) groups is 2. The Balaban J connectivity index is 1.98. The summed E-state index contributed by atoms with van der Waals surface area (Å²) in [4.78, 5) is 25.3. The second-order valence-corrected chi connectivity index (χ2v) is 5.27. The minimum Gasteiger partial charge on any atom is -0.329 e. The van der Waals surface area contributed by atoms with Gasteiger partial charge in [-0.15, -0.1) is 0 Å². The zero-order valence-electron chi connectivity index (χ0n) is 12.9. The number of nitrogens with one attached hydrogen (secondary N) is 1. The number of hydrogen-bond donors (Lipinski definition) is 1. The molecule has 0 spiro atoms. The fourth-order valence-corrected chi connectivity index (χ4v) is 2.09. The molecule has 4 nitrogen and oxygen atoms in total. The highest BCUT2D eigenvalue weighted by Crippen LogP contribution is 2.09. The van der Waals surface area contributed by atoms with Crippen molar-refractivity contribution in [3.05, 3.63) is 65.7 Å². The van der Waals surface area contributed by atoms with Gasteiger partial charge >= 0.3 is 0 Å². The Labute approximate surface area is 130 Å². The van der Waals surface area contributed by atoms with Crippen molar-refractivity contribution in [2.45, 2.75) is 20.4 Å². The van der Waals surface area contributed by atoms with E-state index in [0.29, 0.717) is 6.54 Å². The second-order valence-electron chi connectivity index (χ2n) is 5.27. The molecule has 0 bridgehead atoms. The molecule has 0 heterocycles. The summed E-state index contributed by atoms with van der Waals surface area (Å²) in [6.07, 6.45) is 0. The van der Waals surface area contributed by atoms with E-state index in [0.717, 1.165) is 11.3 Å². The third-order valence-electron chi connectivity index (χ3n) is 3.33. The zero-order chi connectivity index (χ0) is 15.9. The average molecular weight is 296 g/mol. The molecule has 2 amide bonds. The lowest BCUT2D eigenvalue weighted by molar-refractivity contribution is -0.133. The van der Waals surface area contributed by atoms with Gasteiger partial charge in [0.2, 0.25) is 11.8 Å². The van der Waals surface area contributed by atoms with Crippen LogP contribution in [0.4, 0.5) is 5.69 Å². The van der Waals surface area contributed by atoms with E-state index in [1.165, 1.54) is 17.4 Å². The highest BCUT2D eigenvalue weighted by molar-refractivity contribution is 5.94. The molecule has 0 radical (unpaired) electrons. The van der Waals surface area contributed by atoms with Crippen LogP contribution in [0.3, 0.4) is 0 Å². The van der Waals surface area contributed by atoms with E-state index in [4.69, 9.17) is 0 Å². The van der Waals surface area contributed by atoms with Crippen molar-refractivity contribution in [2.24, 2.45) is 0 Å². The molecule has 0 aromatic heterocycles. The van der Waals surface area contributed by atoms with Crippen LogP contribution in [0, 0.1) is 6.92 Å². The third-order valence-corrected chi connectivity index (χ3v) is 3.33. The predicted octanol–water partition coefficient (Wildman–Crippen LogP) is 2.98. The van der Waals surface area contributed by atoms with E-state index < -0.39 is 0 Å². The Bertz CT molecular complexity index is 636. The van der Waals surface area contributed by atoms with Crippen molar-refractivity contribution in [3.8, 4) is 0 Å². The lowest BCUT2D eigenvalue weighted by Gasteiger charge is -2.20. The molecule has 114 valence electrons. The van der Waals surface area contributed by atoms with Gasteiger partial charge in [0.1, 0.15) is 6.54 Å². The summed E-state index contributed by atoms with van der Waals surface area (Å²) in [5, 5.41) is 2.79. The Morgan fingerprint density at radius 1 is 1.00 bits per heavy atom.